The van der Waals surface area contributed by atoms with E-state index in [4.69, 9.17) is 15.2 Å². The summed E-state index contributed by atoms with van der Waals surface area (Å²) >= 11 is 0. The van der Waals surface area contributed by atoms with Crippen molar-refractivity contribution in [3.8, 4) is 28.6 Å². The van der Waals surface area contributed by atoms with Gasteiger partial charge in [0.2, 0.25) is 11.8 Å². The molecular formula is C16H14N4O2. The highest BCUT2D eigenvalue weighted by Crippen LogP contribution is 2.31. The standard InChI is InChI=1S/C16H14N4O2/c1-21-11-4-2-5-12(10-11)22-15-13(6-3-8-18-15)14-7-9-19-16(17)20-14/h2-10H,1H3,(H2,17,19,20). The number of rotatable bonds is 4. The second-order valence-electron chi connectivity index (χ2n) is 4.44. The van der Waals surface area contributed by atoms with Gasteiger partial charge in [-0.05, 0) is 30.3 Å². The Balaban J connectivity index is 1.97. The van der Waals surface area contributed by atoms with Crippen LogP contribution in [0.2, 0.25) is 0 Å². The zero-order chi connectivity index (χ0) is 15.4. The van der Waals surface area contributed by atoms with Crippen molar-refractivity contribution in [2.45, 2.75) is 0 Å². The quantitative estimate of drug-likeness (QED) is 0.796. The maximum absolute atomic E-state index is 5.85. The molecule has 3 rings (SSSR count). The maximum Gasteiger partial charge on any atom is 0.228 e. The molecule has 0 aliphatic rings. The molecule has 0 unspecified atom stereocenters. The van der Waals surface area contributed by atoms with Crippen molar-refractivity contribution in [3.63, 3.8) is 0 Å². The fourth-order valence-corrected chi connectivity index (χ4v) is 1.97. The molecule has 0 bridgehead atoms. The fraction of sp³-hybridized carbons (Fsp3) is 0.0625. The first kappa shape index (κ1) is 13.8. The first-order chi connectivity index (χ1) is 10.8. The number of hydrogen-bond donors (Lipinski definition) is 1. The molecular weight excluding hydrogens is 280 g/mol. The number of ether oxygens (including phenoxy) is 2. The van der Waals surface area contributed by atoms with Crippen molar-refractivity contribution in [2.75, 3.05) is 12.8 Å². The lowest BCUT2D eigenvalue weighted by atomic mass is 10.2. The fourth-order valence-electron chi connectivity index (χ4n) is 1.97. The zero-order valence-electron chi connectivity index (χ0n) is 11.9. The van der Waals surface area contributed by atoms with E-state index in [1.165, 1.54) is 0 Å². The molecule has 2 aromatic heterocycles. The van der Waals surface area contributed by atoms with Gasteiger partial charge in [-0.15, -0.1) is 0 Å². The largest absolute Gasteiger partial charge is 0.497 e. The number of nitrogens with zero attached hydrogens (tertiary/aromatic N) is 3. The predicted molar refractivity (Wildman–Crippen MR) is 82.7 cm³/mol. The van der Waals surface area contributed by atoms with Crippen molar-refractivity contribution < 1.29 is 9.47 Å². The van der Waals surface area contributed by atoms with Gasteiger partial charge in [0.25, 0.3) is 0 Å². The van der Waals surface area contributed by atoms with Crippen molar-refractivity contribution in [3.05, 3.63) is 54.9 Å². The topological polar surface area (TPSA) is 83.2 Å². The third-order valence-corrected chi connectivity index (χ3v) is 2.98. The van der Waals surface area contributed by atoms with Gasteiger partial charge in [0.1, 0.15) is 11.5 Å². The first-order valence-corrected chi connectivity index (χ1v) is 6.62. The Morgan fingerprint density at radius 2 is 1.82 bits per heavy atom. The summed E-state index contributed by atoms with van der Waals surface area (Å²) in [4.78, 5) is 12.4. The van der Waals surface area contributed by atoms with Crippen LogP contribution in [0.1, 0.15) is 0 Å². The lowest BCUT2D eigenvalue weighted by Crippen LogP contribution is -1.97. The van der Waals surface area contributed by atoms with Crippen molar-refractivity contribution in [1.29, 1.82) is 0 Å². The molecule has 2 heterocycles. The normalized spacial score (nSPS) is 10.2. The van der Waals surface area contributed by atoms with Crippen LogP contribution in [0.4, 0.5) is 5.95 Å². The minimum atomic E-state index is 0.202. The highest BCUT2D eigenvalue weighted by molar-refractivity contribution is 5.65. The van der Waals surface area contributed by atoms with Gasteiger partial charge >= 0.3 is 0 Å². The molecule has 0 amide bonds. The highest BCUT2D eigenvalue weighted by atomic mass is 16.5. The van der Waals surface area contributed by atoms with Crippen LogP contribution < -0.4 is 15.2 Å². The Bertz CT molecular complexity index is 792. The third kappa shape index (κ3) is 2.95. The summed E-state index contributed by atoms with van der Waals surface area (Å²) in [5.74, 6) is 1.98. The van der Waals surface area contributed by atoms with E-state index in [1.54, 1.807) is 31.6 Å². The molecule has 0 atom stereocenters. The van der Waals surface area contributed by atoms with E-state index in [9.17, 15) is 0 Å². The molecule has 0 spiro atoms. The molecule has 1 aromatic carbocycles. The number of nitrogens with two attached hydrogens (primary N) is 1. The minimum absolute atomic E-state index is 0.202. The summed E-state index contributed by atoms with van der Waals surface area (Å²) in [6, 6.07) is 12.7. The van der Waals surface area contributed by atoms with Crippen molar-refractivity contribution in [2.24, 2.45) is 0 Å². The van der Waals surface area contributed by atoms with Gasteiger partial charge in [0.05, 0.1) is 18.4 Å². The predicted octanol–water partition coefficient (Wildman–Crippen LogP) is 2.92. The number of anilines is 1. The van der Waals surface area contributed by atoms with Crippen molar-refractivity contribution >= 4 is 5.95 Å². The lowest BCUT2D eigenvalue weighted by molar-refractivity contribution is 0.407. The molecule has 0 radical (unpaired) electrons. The average molecular weight is 294 g/mol. The number of aromatic nitrogens is 3. The van der Waals surface area contributed by atoms with Gasteiger partial charge in [-0.25, -0.2) is 15.0 Å². The Morgan fingerprint density at radius 1 is 0.955 bits per heavy atom. The van der Waals surface area contributed by atoms with Crippen molar-refractivity contribution in [1.82, 2.24) is 15.0 Å². The number of hydrogen-bond acceptors (Lipinski definition) is 6. The minimum Gasteiger partial charge on any atom is -0.497 e. The van der Waals surface area contributed by atoms with E-state index in [0.717, 1.165) is 5.56 Å². The van der Waals surface area contributed by atoms with Crippen LogP contribution in [-0.2, 0) is 0 Å². The molecule has 0 fully saturated rings. The molecule has 110 valence electrons. The number of methoxy groups -OCH3 is 1. The smallest absolute Gasteiger partial charge is 0.228 e. The Morgan fingerprint density at radius 3 is 2.64 bits per heavy atom. The highest BCUT2D eigenvalue weighted by Gasteiger charge is 2.10. The van der Waals surface area contributed by atoms with Crippen LogP contribution in [0, 0.1) is 0 Å². The van der Waals surface area contributed by atoms with Crippen LogP contribution >= 0.6 is 0 Å². The van der Waals surface area contributed by atoms with E-state index in [-0.39, 0.29) is 5.95 Å². The second-order valence-corrected chi connectivity index (χ2v) is 4.44. The molecule has 0 saturated heterocycles. The van der Waals surface area contributed by atoms with E-state index < -0.39 is 0 Å². The van der Waals surface area contributed by atoms with E-state index >= 15 is 0 Å². The Kier molecular flexibility index (Phi) is 3.82. The summed E-state index contributed by atoms with van der Waals surface area (Å²) in [6.45, 7) is 0. The van der Waals surface area contributed by atoms with Crippen LogP contribution in [-0.4, -0.2) is 22.1 Å². The van der Waals surface area contributed by atoms with Gasteiger partial charge in [0.15, 0.2) is 0 Å². The average Bonchev–Trinajstić information content (AvgIpc) is 2.55. The molecule has 0 aliphatic carbocycles. The van der Waals surface area contributed by atoms with Gasteiger partial charge < -0.3 is 15.2 Å². The molecule has 6 nitrogen and oxygen atoms in total. The summed E-state index contributed by atoms with van der Waals surface area (Å²) in [5, 5.41) is 0. The monoisotopic (exact) mass is 294 g/mol. The van der Waals surface area contributed by atoms with Crippen LogP contribution in [0.3, 0.4) is 0 Å². The third-order valence-electron chi connectivity index (χ3n) is 2.98. The van der Waals surface area contributed by atoms with Gasteiger partial charge in [-0.1, -0.05) is 6.07 Å². The van der Waals surface area contributed by atoms with Crippen LogP contribution in [0.25, 0.3) is 11.3 Å². The second kappa shape index (κ2) is 6.09. The van der Waals surface area contributed by atoms with Crippen LogP contribution in [0.15, 0.2) is 54.9 Å². The molecule has 0 saturated carbocycles. The van der Waals surface area contributed by atoms with Crippen LogP contribution in [0.5, 0.6) is 17.4 Å². The van der Waals surface area contributed by atoms with Gasteiger partial charge in [-0.2, -0.15) is 0 Å². The summed E-state index contributed by atoms with van der Waals surface area (Å²) < 4.78 is 11.0. The Labute approximate surface area is 127 Å². The van der Waals surface area contributed by atoms with Gasteiger partial charge in [-0.3, -0.25) is 0 Å². The molecule has 2 N–H and O–H groups in total. The van der Waals surface area contributed by atoms with E-state index in [1.807, 2.05) is 30.3 Å². The molecule has 6 heteroatoms. The van der Waals surface area contributed by atoms with E-state index in [2.05, 4.69) is 15.0 Å². The SMILES string of the molecule is COc1cccc(Oc2ncccc2-c2ccnc(N)n2)c1. The first-order valence-electron chi connectivity index (χ1n) is 6.62. The van der Waals surface area contributed by atoms with Gasteiger partial charge in [0, 0.05) is 18.5 Å². The summed E-state index contributed by atoms with van der Waals surface area (Å²) in [5.41, 5.74) is 7.02. The number of nitrogen functional groups attached to an aromatic ring is 1. The molecule has 22 heavy (non-hydrogen) atoms. The number of benzene rings is 1. The number of pyridine rings is 1. The Hall–Kier alpha value is -3.15. The summed E-state index contributed by atoms with van der Waals surface area (Å²) in [6.07, 6.45) is 3.25. The maximum atomic E-state index is 5.85. The summed E-state index contributed by atoms with van der Waals surface area (Å²) in [7, 11) is 1.61. The molecule has 0 aliphatic heterocycles. The van der Waals surface area contributed by atoms with E-state index in [0.29, 0.717) is 23.1 Å². The zero-order valence-corrected chi connectivity index (χ0v) is 11.9. The molecule has 3 aromatic rings. The lowest BCUT2D eigenvalue weighted by Gasteiger charge is -2.10.